The van der Waals surface area contributed by atoms with E-state index in [9.17, 15) is 13.5 Å². The van der Waals surface area contributed by atoms with Gasteiger partial charge in [0.25, 0.3) is 0 Å². The minimum absolute atomic E-state index is 0.0885. The van der Waals surface area contributed by atoms with Crippen molar-refractivity contribution in [2.24, 2.45) is 5.73 Å². The molecule has 0 aromatic heterocycles. The van der Waals surface area contributed by atoms with Crippen molar-refractivity contribution < 1.29 is 13.5 Å². The Labute approximate surface area is 89.7 Å². The van der Waals surface area contributed by atoms with Crippen LogP contribution >= 0.6 is 0 Å². The molecular weight excluding hydrogens is 214 g/mol. The van der Waals surface area contributed by atoms with Gasteiger partial charge in [0.1, 0.15) is 0 Å². The lowest BCUT2D eigenvalue weighted by Gasteiger charge is -2.21. The van der Waals surface area contributed by atoms with Gasteiger partial charge in [0.2, 0.25) is 0 Å². The van der Waals surface area contributed by atoms with Crippen molar-refractivity contribution in [3.8, 4) is 0 Å². The van der Waals surface area contributed by atoms with E-state index < -0.39 is 15.4 Å². The average Bonchev–Trinajstić information content (AvgIpc) is 2.17. The standard InChI is InChI=1S/C10H15NO3S/c1-10(12,7-11)8-3-5-9(6-4-8)15(2,13)14/h3-6,12H,7,11H2,1-2H3. The third-order valence-corrected chi connectivity index (χ3v) is 3.43. The van der Waals surface area contributed by atoms with Crippen molar-refractivity contribution in [3.05, 3.63) is 29.8 Å². The fourth-order valence-electron chi connectivity index (χ4n) is 1.18. The number of nitrogens with two attached hydrogens (primary N) is 1. The molecule has 4 nitrogen and oxygen atoms in total. The molecule has 0 aliphatic carbocycles. The summed E-state index contributed by atoms with van der Waals surface area (Å²) in [5.74, 6) is 0. The maximum Gasteiger partial charge on any atom is 0.175 e. The van der Waals surface area contributed by atoms with E-state index in [1.165, 1.54) is 12.1 Å². The van der Waals surface area contributed by atoms with E-state index in [0.717, 1.165) is 6.26 Å². The largest absolute Gasteiger partial charge is 0.384 e. The first-order valence-electron chi connectivity index (χ1n) is 4.50. The van der Waals surface area contributed by atoms with Crippen molar-refractivity contribution in [2.45, 2.75) is 17.4 Å². The maximum atomic E-state index is 11.2. The number of hydrogen-bond donors (Lipinski definition) is 2. The first-order valence-corrected chi connectivity index (χ1v) is 6.39. The summed E-state index contributed by atoms with van der Waals surface area (Å²) in [7, 11) is -3.18. The van der Waals surface area contributed by atoms with Crippen molar-refractivity contribution in [2.75, 3.05) is 12.8 Å². The zero-order chi connectivity index (χ0) is 11.7. The summed E-state index contributed by atoms with van der Waals surface area (Å²) in [6.45, 7) is 1.67. The fraction of sp³-hybridized carbons (Fsp3) is 0.400. The molecule has 84 valence electrons. The van der Waals surface area contributed by atoms with Gasteiger partial charge >= 0.3 is 0 Å². The molecule has 0 amide bonds. The Balaban J connectivity index is 3.12. The summed E-state index contributed by atoms with van der Waals surface area (Å²) in [6, 6.07) is 6.08. The van der Waals surface area contributed by atoms with Gasteiger partial charge in [0, 0.05) is 12.8 Å². The summed E-state index contributed by atoms with van der Waals surface area (Å²) in [4.78, 5) is 0.235. The molecule has 1 unspecified atom stereocenters. The molecular formula is C10H15NO3S. The third kappa shape index (κ3) is 2.77. The fourth-order valence-corrected chi connectivity index (χ4v) is 1.81. The van der Waals surface area contributed by atoms with Crippen LogP contribution in [0.25, 0.3) is 0 Å². The Kier molecular flexibility index (Phi) is 3.18. The molecule has 0 saturated carbocycles. The maximum absolute atomic E-state index is 11.2. The van der Waals surface area contributed by atoms with Gasteiger partial charge in [-0.2, -0.15) is 0 Å². The highest BCUT2D eigenvalue weighted by Crippen LogP contribution is 2.20. The molecule has 0 saturated heterocycles. The molecule has 5 heteroatoms. The van der Waals surface area contributed by atoms with Crippen LogP contribution in [-0.4, -0.2) is 26.3 Å². The molecule has 15 heavy (non-hydrogen) atoms. The molecule has 1 aromatic carbocycles. The average molecular weight is 229 g/mol. The van der Waals surface area contributed by atoms with Crippen LogP contribution in [0.4, 0.5) is 0 Å². The zero-order valence-corrected chi connectivity index (χ0v) is 9.58. The Morgan fingerprint density at radius 1 is 1.33 bits per heavy atom. The van der Waals surface area contributed by atoms with Crippen molar-refractivity contribution in [1.29, 1.82) is 0 Å². The molecule has 0 heterocycles. The number of benzene rings is 1. The predicted molar refractivity (Wildman–Crippen MR) is 58.2 cm³/mol. The zero-order valence-electron chi connectivity index (χ0n) is 8.77. The van der Waals surface area contributed by atoms with Crippen LogP contribution in [0.15, 0.2) is 29.2 Å². The molecule has 0 radical (unpaired) electrons. The Bertz CT molecular complexity index is 434. The van der Waals surface area contributed by atoms with Crippen molar-refractivity contribution in [1.82, 2.24) is 0 Å². The summed E-state index contributed by atoms with van der Waals surface area (Å²) in [5.41, 5.74) is 4.89. The smallest absolute Gasteiger partial charge is 0.175 e. The van der Waals surface area contributed by atoms with Crippen LogP contribution in [0.3, 0.4) is 0 Å². The molecule has 0 spiro atoms. The van der Waals surface area contributed by atoms with Gasteiger partial charge in [-0.1, -0.05) is 12.1 Å². The number of sulfone groups is 1. The normalized spacial score (nSPS) is 16.0. The molecule has 0 bridgehead atoms. The van der Waals surface area contributed by atoms with Gasteiger partial charge < -0.3 is 10.8 Å². The lowest BCUT2D eigenvalue weighted by molar-refractivity contribution is 0.0668. The molecule has 0 aliphatic heterocycles. The Morgan fingerprint density at radius 2 is 1.80 bits per heavy atom. The van der Waals surface area contributed by atoms with E-state index in [1.807, 2.05) is 0 Å². The minimum Gasteiger partial charge on any atom is -0.384 e. The highest BCUT2D eigenvalue weighted by molar-refractivity contribution is 7.90. The van der Waals surface area contributed by atoms with Gasteiger partial charge in [-0.25, -0.2) is 8.42 Å². The van der Waals surface area contributed by atoms with Crippen LogP contribution < -0.4 is 5.73 Å². The first-order chi connectivity index (χ1) is 6.77. The molecule has 3 N–H and O–H groups in total. The van der Waals surface area contributed by atoms with Gasteiger partial charge in [0.15, 0.2) is 9.84 Å². The quantitative estimate of drug-likeness (QED) is 0.779. The molecule has 1 atom stereocenters. The van der Waals surface area contributed by atoms with Crippen LogP contribution in [0.1, 0.15) is 12.5 Å². The van der Waals surface area contributed by atoms with Gasteiger partial charge in [0.05, 0.1) is 10.5 Å². The topological polar surface area (TPSA) is 80.4 Å². The Morgan fingerprint density at radius 3 is 2.13 bits per heavy atom. The van der Waals surface area contributed by atoms with E-state index in [-0.39, 0.29) is 11.4 Å². The highest BCUT2D eigenvalue weighted by Gasteiger charge is 2.21. The number of hydrogen-bond acceptors (Lipinski definition) is 4. The molecule has 0 fully saturated rings. The van der Waals surface area contributed by atoms with E-state index in [0.29, 0.717) is 5.56 Å². The summed E-state index contributed by atoms with van der Waals surface area (Å²) >= 11 is 0. The van der Waals surface area contributed by atoms with Crippen molar-refractivity contribution >= 4 is 9.84 Å². The van der Waals surface area contributed by atoms with E-state index in [4.69, 9.17) is 5.73 Å². The highest BCUT2D eigenvalue weighted by atomic mass is 32.2. The second kappa shape index (κ2) is 3.92. The molecule has 0 aliphatic rings. The van der Waals surface area contributed by atoms with E-state index in [1.54, 1.807) is 19.1 Å². The second-order valence-corrected chi connectivity index (χ2v) is 5.79. The van der Waals surface area contributed by atoms with Crippen LogP contribution in [-0.2, 0) is 15.4 Å². The minimum atomic E-state index is -3.18. The van der Waals surface area contributed by atoms with Crippen LogP contribution in [0.5, 0.6) is 0 Å². The van der Waals surface area contributed by atoms with Crippen LogP contribution in [0.2, 0.25) is 0 Å². The van der Waals surface area contributed by atoms with Gasteiger partial charge in [-0.3, -0.25) is 0 Å². The number of aliphatic hydroxyl groups is 1. The SMILES string of the molecule is CC(O)(CN)c1ccc(S(C)(=O)=O)cc1. The molecule has 1 rings (SSSR count). The third-order valence-electron chi connectivity index (χ3n) is 2.30. The predicted octanol–water partition coefficient (Wildman–Crippen LogP) is 0.256. The van der Waals surface area contributed by atoms with E-state index >= 15 is 0 Å². The van der Waals surface area contributed by atoms with Gasteiger partial charge in [-0.05, 0) is 24.6 Å². The molecule has 1 aromatic rings. The summed E-state index contributed by atoms with van der Waals surface area (Å²) < 4.78 is 22.4. The van der Waals surface area contributed by atoms with Crippen molar-refractivity contribution in [3.63, 3.8) is 0 Å². The lowest BCUT2D eigenvalue weighted by atomic mass is 9.97. The first kappa shape index (κ1) is 12.2. The Hall–Kier alpha value is -0.910. The lowest BCUT2D eigenvalue weighted by Crippen LogP contribution is -2.31. The van der Waals surface area contributed by atoms with Crippen LogP contribution in [0, 0.1) is 0 Å². The van der Waals surface area contributed by atoms with Gasteiger partial charge in [-0.15, -0.1) is 0 Å². The van der Waals surface area contributed by atoms with E-state index in [2.05, 4.69) is 0 Å². The monoisotopic (exact) mass is 229 g/mol. The number of rotatable bonds is 3. The summed E-state index contributed by atoms with van der Waals surface area (Å²) in [5, 5.41) is 9.81. The summed E-state index contributed by atoms with van der Waals surface area (Å²) in [6.07, 6.45) is 1.14. The second-order valence-electron chi connectivity index (χ2n) is 3.77.